The molecule has 1 atom stereocenters. The second-order valence-corrected chi connectivity index (χ2v) is 7.29. The average molecular weight is 408 g/mol. The van der Waals surface area contributed by atoms with Crippen LogP contribution >= 0.6 is 23.4 Å². The van der Waals surface area contributed by atoms with Crippen molar-refractivity contribution in [2.45, 2.75) is 23.8 Å². The van der Waals surface area contributed by atoms with E-state index in [9.17, 15) is 9.59 Å². The van der Waals surface area contributed by atoms with Crippen molar-refractivity contribution in [1.29, 1.82) is 0 Å². The van der Waals surface area contributed by atoms with E-state index in [2.05, 4.69) is 20.3 Å². The smallest absolute Gasteiger partial charge is 0.278 e. The third kappa shape index (κ3) is 3.93. The van der Waals surface area contributed by atoms with Gasteiger partial charge in [-0.05, 0) is 24.6 Å². The van der Waals surface area contributed by atoms with Crippen LogP contribution in [0.2, 0.25) is 5.02 Å². The maximum Gasteiger partial charge on any atom is 0.278 e. The Bertz CT molecular complexity index is 1050. The van der Waals surface area contributed by atoms with Gasteiger partial charge in [-0.15, -0.1) is 0 Å². The van der Waals surface area contributed by atoms with Gasteiger partial charge in [-0.2, -0.15) is 0 Å². The van der Waals surface area contributed by atoms with Crippen LogP contribution in [0.1, 0.15) is 13.3 Å². The Kier molecular flexibility index (Phi) is 5.71. The highest BCUT2D eigenvalue weighted by atomic mass is 35.5. The van der Waals surface area contributed by atoms with Crippen molar-refractivity contribution in [3.8, 4) is 5.75 Å². The number of nitrogens with zero attached hydrogens (tertiary/aromatic N) is 3. The van der Waals surface area contributed by atoms with E-state index in [0.29, 0.717) is 33.7 Å². The zero-order valence-electron chi connectivity index (χ0n) is 14.9. The predicted octanol–water partition coefficient (Wildman–Crippen LogP) is 2.83. The highest BCUT2D eigenvalue weighted by molar-refractivity contribution is 8.00. The van der Waals surface area contributed by atoms with Crippen molar-refractivity contribution in [2.75, 3.05) is 12.4 Å². The molecule has 2 N–H and O–H groups in total. The number of fused-ring (bicyclic) bond motifs is 1. The highest BCUT2D eigenvalue weighted by Gasteiger charge is 2.22. The van der Waals surface area contributed by atoms with Crippen molar-refractivity contribution >= 4 is 46.1 Å². The summed E-state index contributed by atoms with van der Waals surface area (Å²) < 4.78 is 6.81. The number of thioether (sulfide) groups is 1. The maximum atomic E-state index is 12.7. The minimum Gasteiger partial charge on any atom is -0.495 e. The van der Waals surface area contributed by atoms with Crippen LogP contribution < -0.4 is 15.6 Å². The van der Waals surface area contributed by atoms with Crippen molar-refractivity contribution in [1.82, 2.24) is 19.5 Å². The van der Waals surface area contributed by atoms with Crippen LogP contribution in [0.3, 0.4) is 0 Å². The Morgan fingerprint density at radius 3 is 2.89 bits per heavy atom. The van der Waals surface area contributed by atoms with E-state index < -0.39 is 5.25 Å². The van der Waals surface area contributed by atoms with Crippen molar-refractivity contribution < 1.29 is 9.53 Å². The minimum absolute atomic E-state index is 0.183. The van der Waals surface area contributed by atoms with E-state index in [-0.39, 0.29) is 17.0 Å². The number of carbonyl (C=O) groups excluding carboxylic acids is 1. The molecule has 27 heavy (non-hydrogen) atoms. The summed E-state index contributed by atoms with van der Waals surface area (Å²) in [5.41, 5.74) is 0.985. The zero-order chi connectivity index (χ0) is 19.6. The van der Waals surface area contributed by atoms with E-state index in [1.54, 1.807) is 29.8 Å². The topological polar surface area (TPSA) is 102 Å². The van der Waals surface area contributed by atoms with Gasteiger partial charge in [0, 0.05) is 12.7 Å². The second kappa shape index (κ2) is 8.01. The van der Waals surface area contributed by atoms with Gasteiger partial charge in [0.15, 0.2) is 16.3 Å². The summed E-state index contributed by atoms with van der Waals surface area (Å²) >= 11 is 7.38. The largest absolute Gasteiger partial charge is 0.495 e. The van der Waals surface area contributed by atoms with Gasteiger partial charge < -0.3 is 19.6 Å². The Morgan fingerprint density at radius 1 is 1.48 bits per heavy atom. The molecule has 2 aromatic heterocycles. The third-order valence-electron chi connectivity index (χ3n) is 3.95. The molecule has 0 aliphatic carbocycles. The molecule has 1 aromatic carbocycles. The van der Waals surface area contributed by atoms with Gasteiger partial charge >= 0.3 is 0 Å². The van der Waals surface area contributed by atoms with E-state index in [0.717, 1.165) is 0 Å². The first-order valence-corrected chi connectivity index (χ1v) is 9.41. The number of H-pyrrole nitrogens is 1. The number of anilines is 1. The summed E-state index contributed by atoms with van der Waals surface area (Å²) in [4.78, 5) is 35.5. The van der Waals surface area contributed by atoms with Crippen LogP contribution in [0.15, 0.2) is 34.5 Å². The molecule has 0 saturated carbocycles. The molecule has 0 radical (unpaired) electrons. The van der Waals surface area contributed by atoms with Crippen molar-refractivity contribution in [3.63, 3.8) is 0 Å². The number of imidazole rings is 1. The lowest BCUT2D eigenvalue weighted by Gasteiger charge is -2.15. The number of hydrogen-bond acceptors (Lipinski definition) is 6. The van der Waals surface area contributed by atoms with E-state index in [4.69, 9.17) is 16.3 Å². The number of nitrogens with one attached hydrogen (secondary N) is 2. The van der Waals surface area contributed by atoms with E-state index in [1.165, 1.54) is 25.2 Å². The summed E-state index contributed by atoms with van der Waals surface area (Å²) in [5, 5.41) is 3.41. The highest BCUT2D eigenvalue weighted by Crippen LogP contribution is 2.29. The first-order valence-electron chi connectivity index (χ1n) is 8.15. The van der Waals surface area contributed by atoms with Gasteiger partial charge in [-0.3, -0.25) is 9.59 Å². The standard InChI is InChI=1S/C17H18ClN5O3S/c1-4-12(15(24)21-9-5-6-11(26-3)10(18)7-9)27-17-22-13-14(23(17)2)19-8-20-16(13)25/h5-8,12H,4H2,1-3H3,(H,21,24)(H,19,20,25)/t12-/m1/s1. The Balaban J connectivity index is 1.80. The Labute approximate surface area is 164 Å². The number of aromatic nitrogens is 4. The summed E-state index contributed by atoms with van der Waals surface area (Å²) in [6.45, 7) is 1.91. The normalized spacial score (nSPS) is 12.1. The molecule has 3 aromatic rings. The number of ether oxygens (including phenoxy) is 1. The Morgan fingerprint density at radius 2 is 2.26 bits per heavy atom. The van der Waals surface area contributed by atoms with Crippen molar-refractivity contribution in [3.05, 3.63) is 39.9 Å². The van der Waals surface area contributed by atoms with Gasteiger partial charge in [0.2, 0.25) is 5.91 Å². The molecule has 1 amide bonds. The fraction of sp³-hybridized carbons (Fsp3) is 0.294. The van der Waals surface area contributed by atoms with Crippen LogP contribution in [-0.4, -0.2) is 37.8 Å². The molecule has 0 bridgehead atoms. The number of amides is 1. The van der Waals surface area contributed by atoms with E-state index in [1.807, 2.05) is 6.92 Å². The number of carbonyl (C=O) groups is 1. The van der Waals surface area contributed by atoms with Crippen LogP contribution in [0, 0.1) is 0 Å². The lowest BCUT2D eigenvalue weighted by molar-refractivity contribution is -0.115. The van der Waals surface area contributed by atoms with Crippen LogP contribution in [0.25, 0.3) is 11.2 Å². The quantitative estimate of drug-likeness (QED) is 0.609. The van der Waals surface area contributed by atoms with Crippen LogP contribution in [-0.2, 0) is 11.8 Å². The SMILES string of the molecule is CC[C@@H](Sc1nc2c(=O)[nH]cnc2n1C)C(=O)Nc1ccc(OC)c(Cl)c1. The number of rotatable bonds is 6. The number of halogens is 1. The van der Waals surface area contributed by atoms with Crippen LogP contribution in [0.4, 0.5) is 5.69 Å². The molecule has 142 valence electrons. The summed E-state index contributed by atoms with van der Waals surface area (Å²) in [6.07, 6.45) is 1.91. The molecule has 0 aliphatic rings. The van der Waals surface area contributed by atoms with Crippen LogP contribution in [0.5, 0.6) is 5.75 Å². The van der Waals surface area contributed by atoms with Gasteiger partial charge in [-0.25, -0.2) is 9.97 Å². The summed E-state index contributed by atoms with van der Waals surface area (Å²) in [6, 6.07) is 5.04. The average Bonchev–Trinajstić information content (AvgIpc) is 2.97. The molecule has 2 heterocycles. The van der Waals surface area contributed by atoms with Crippen molar-refractivity contribution in [2.24, 2.45) is 7.05 Å². The van der Waals surface area contributed by atoms with Gasteiger partial charge in [0.1, 0.15) is 5.75 Å². The third-order valence-corrected chi connectivity index (χ3v) is 5.65. The number of methoxy groups -OCH3 is 1. The summed E-state index contributed by atoms with van der Waals surface area (Å²) in [5.74, 6) is 0.353. The van der Waals surface area contributed by atoms with Gasteiger partial charge in [0.05, 0.1) is 23.7 Å². The minimum atomic E-state index is -0.402. The predicted molar refractivity (Wildman–Crippen MR) is 106 cm³/mol. The molecular weight excluding hydrogens is 390 g/mol. The second-order valence-electron chi connectivity index (χ2n) is 5.71. The fourth-order valence-corrected chi connectivity index (χ4v) is 3.75. The molecular formula is C17H18ClN5O3S. The first-order chi connectivity index (χ1) is 12.9. The number of aryl methyl sites for hydroxylation is 1. The lowest BCUT2D eigenvalue weighted by Crippen LogP contribution is -2.25. The van der Waals surface area contributed by atoms with Gasteiger partial charge in [0.25, 0.3) is 5.56 Å². The zero-order valence-corrected chi connectivity index (χ0v) is 16.5. The molecule has 0 unspecified atom stereocenters. The molecule has 8 nitrogen and oxygen atoms in total. The van der Waals surface area contributed by atoms with E-state index >= 15 is 0 Å². The molecule has 0 saturated heterocycles. The number of benzene rings is 1. The Hall–Kier alpha value is -2.52. The summed E-state index contributed by atoms with van der Waals surface area (Å²) in [7, 11) is 3.29. The molecule has 10 heteroatoms. The molecule has 0 fully saturated rings. The number of hydrogen-bond donors (Lipinski definition) is 2. The maximum absolute atomic E-state index is 12.7. The molecule has 3 rings (SSSR count). The molecule has 0 spiro atoms. The first kappa shape index (κ1) is 19.2. The van der Waals surface area contributed by atoms with Gasteiger partial charge in [-0.1, -0.05) is 30.3 Å². The fourth-order valence-electron chi connectivity index (χ4n) is 2.51. The lowest BCUT2D eigenvalue weighted by atomic mass is 10.2. The molecule has 0 aliphatic heterocycles. The monoisotopic (exact) mass is 407 g/mol. The number of aromatic amines is 1.